The lowest BCUT2D eigenvalue weighted by Crippen LogP contribution is -2.36. The molecule has 2 aliphatic rings. The maximum atomic E-state index is 12.0. The third-order valence-electron chi connectivity index (χ3n) is 4.72. The zero-order chi connectivity index (χ0) is 16.9. The van der Waals surface area contributed by atoms with Crippen LogP contribution in [0, 0.1) is 0 Å². The lowest BCUT2D eigenvalue weighted by atomic mass is 10.0. The SMILES string of the molecule is C[C@H]1CCCCN1Cc1ccc(NC(=O)CN2CSCC2=O)cc1. The molecule has 6 heteroatoms. The zero-order valence-electron chi connectivity index (χ0n) is 14.2. The highest BCUT2D eigenvalue weighted by molar-refractivity contribution is 8.00. The molecule has 0 aliphatic carbocycles. The van der Waals surface area contributed by atoms with Crippen LogP contribution in [0.25, 0.3) is 0 Å². The van der Waals surface area contributed by atoms with Crippen LogP contribution in [-0.2, 0) is 16.1 Å². The molecule has 0 radical (unpaired) electrons. The number of piperidine rings is 1. The number of hydrogen-bond donors (Lipinski definition) is 1. The van der Waals surface area contributed by atoms with E-state index in [0.29, 0.717) is 17.7 Å². The molecular formula is C18H25N3O2S. The molecule has 2 amide bonds. The summed E-state index contributed by atoms with van der Waals surface area (Å²) >= 11 is 1.55. The maximum absolute atomic E-state index is 12.0. The van der Waals surface area contributed by atoms with Crippen LogP contribution in [0.3, 0.4) is 0 Å². The summed E-state index contributed by atoms with van der Waals surface area (Å²) in [6.07, 6.45) is 3.90. The van der Waals surface area contributed by atoms with Crippen LogP contribution in [0.5, 0.6) is 0 Å². The van der Waals surface area contributed by atoms with E-state index < -0.39 is 0 Å². The van der Waals surface area contributed by atoms with Crippen LogP contribution in [0.2, 0.25) is 0 Å². The Morgan fingerprint density at radius 3 is 2.75 bits per heavy atom. The standard InChI is InChI=1S/C18H25N3O2S/c1-14-4-2-3-9-20(14)10-15-5-7-16(8-6-15)19-17(22)11-21-13-24-12-18(21)23/h5-8,14H,2-4,9-13H2,1H3,(H,19,22)/t14-/m0/s1. The molecule has 0 unspecified atom stereocenters. The Labute approximate surface area is 147 Å². The molecule has 1 atom stereocenters. The average molecular weight is 347 g/mol. The molecule has 3 rings (SSSR count). The van der Waals surface area contributed by atoms with Gasteiger partial charge in [-0.2, -0.15) is 0 Å². The van der Waals surface area contributed by atoms with Gasteiger partial charge in [-0.15, -0.1) is 11.8 Å². The number of nitrogens with zero attached hydrogens (tertiary/aromatic N) is 2. The molecule has 1 aromatic rings. The van der Waals surface area contributed by atoms with E-state index in [1.807, 2.05) is 12.1 Å². The molecule has 0 aromatic heterocycles. The first kappa shape index (κ1) is 17.3. The van der Waals surface area contributed by atoms with Crippen molar-refractivity contribution < 1.29 is 9.59 Å². The monoisotopic (exact) mass is 347 g/mol. The number of carbonyl (C=O) groups is 2. The Hall–Kier alpha value is -1.53. The minimum atomic E-state index is -0.136. The number of nitrogens with one attached hydrogen (secondary N) is 1. The molecule has 1 aromatic carbocycles. The quantitative estimate of drug-likeness (QED) is 0.889. The van der Waals surface area contributed by atoms with Crippen molar-refractivity contribution in [2.75, 3.05) is 30.0 Å². The normalized spacial score (nSPS) is 22.0. The van der Waals surface area contributed by atoms with Crippen molar-refractivity contribution in [2.24, 2.45) is 0 Å². The van der Waals surface area contributed by atoms with Gasteiger partial charge in [0.2, 0.25) is 11.8 Å². The van der Waals surface area contributed by atoms with Gasteiger partial charge in [-0.05, 0) is 44.0 Å². The fourth-order valence-corrected chi connectivity index (χ4v) is 4.14. The Bertz CT molecular complexity index is 590. The maximum Gasteiger partial charge on any atom is 0.244 e. The van der Waals surface area contributed by atoms with E-state index in [1.165, 1.54) is 31.4 Å². The minimum Gasteiger partial charge on any atom is -0.325 e. The van der Waals surface area contributed by atoms with Crippen LogP contribution < -0.4 is 5.32 Å². The van der Waals surface area contributed by atoms with Gasteiger partial charge in [-0.3, -0.25) is 14.5 Å². The van der Waals surface area contributed by atoms with E-state index in [2.05, 4.69) is 29.3 Å². The van der Waals surface area contributed by atoms with E-state index in [1.54, 1.807) is 16.7 Å². The van der Waals surface area contributed by atoms with Crippen LogP contribution in [0.1, 0.15) is 31.7 Å². The number of thioether (sulfide) groups is 1. The highest BCUT2D eigenvalue weighted by atomic mass is 32.2. The Kier molecular flexibility index (Phi) is 5.79. The van der Waals surface area contributed by atoms with Crippen molar-refractivity contribution in [3.05, 3.63) is 29.8 Å². The van der Waals surface area contributed by atoms with Crippen LogP contribution >= 0.6 is 11.8 Å². The van der Waals surface area contributed by atoms with E-state index in [9.17, 15) is 9.59 Å². The van der Waals surface area contributed by atoms with Gasteiger partial charge in [0.05, 0.1) is 11.6 Å². The van der Waals surface area contributed by atoms with Gasteiger partial charge in [-0.25, -0.2) is 0 Å². The van der Waals surface area contributed by atoms with Crippen molar-refractivity contribution in [1.29, 1.82) is 0 Å². The van der Waals surface area contributed by atoms with Gasteiger partial charge in [0.1, 0.15) is 6.54 Å². The average Bonchev–Trinajstić information content (AvgIpc) is 2.96. The van der Waals surface area contributed by atoms with Gasteiger partial charge in [0.15, 0.2) is 0 Å². The number of rotatable bonds is 5. The predicted molar refractivity (Wildman–Crippen MR) is 97.8 cm³/mol. The molecule has 0 spiro atoms. The third kappa shape index (κ3) is 4.51. The van der Waals surface area contributed by atoms with E-state index in [-0.39, 0.29) is 18.4 Å². The lowest BCUT2D eigenvalue weighted by molar-refractivity contribution is -0.130. The Morgan fingerprint density at radius 2 is 2.08 bits per heavy atom. The topological polar surface area (TPSA) is 52.7 Å². The molecule has 24 heavy (non-hydrogen) atoms. The van der Waals surface area contributed by atoms with Crippen LogP contribution in [-0.4, -0.2) is 52.4 Å². The van der Waals surface area contributed by atoms with Crippen molar-refractivity contribution in [3.8, 4) is 0 Å². The molecule has 0 bridgehead atoms. The second-order valence-electron chi connectivity index (χ2n) is 6.63. The largest absolute Gasteiger partial charge is 0.325 e. The Balaban J connectivity index is 1.50. The molecule has 5 nitrogen and oxygen atoms in total. The number of hydrogen-bond acceptors (Lipinski definition) is 4. The van der Waals surface area contributed by atoms with Gasteiger partial charge in [0, 0.05) is 18.3 Å². The number of likely N-dealkylation sites (tertiary alicyclic amines) is 1. The molecular weight excluding hydrogens is 322 g/mol. The van der Waals surface area contributed by atoms with E-state index in [0.717, 1.165) is 12.2 Å². The molecule has 2 heterocycles. The smallest absolute Gasteiger partial charge is 0.244 e. The summed E-state index contributed by atoms with van der Waals surface area (Å²) in [5, 5.41) is 2.87. The lowest BCUT2D eigenvalue weighted by Gasteiger charge is -2.33. The molecule has 130 valence electrons. The summed E-state index contributed by atoms with van der Waals surface area (Å²) in [5.41, 5.74) is 2.06. The number of benzene rings is 1. The van der Waals surface area contributed by atoms with Crippen molar-refractivity contribution in [3.63, 3.8) is 0 Å². The fourth-order valence-electron chi connectivity index (χ4n) is 3.23. The minimum absolute atomic E-state index is 0.0427. The summed E-state index contributed by atoms with van der Waals surface area (Å²) in [7, 11) is 0. The molecule has 2 fully saturated rings. The summed E-state index contributed by atoms with van der Waals surface area (Å²) in [6.45, 7) is 4.57. The van der Waals surface area contributed by atoms with Crippen LogP contribution in [0.4, 0.5) is 5.69 Å². The first-order valence-electron chi connectivity index (χ1n) is 8.60. The molecule has 1 N–H and O–H groups in total. The number of carbonyl (C=O) groups excluding carboxylic acids is 2. The summed E-state index contributed by atoms with van der Waals surface area (Å²) in [6, 6.07) is 8.70. The van der Waals surface area contributed by atoms with Crippen molar-refractivity contribution >= 4 is 29.3 Å². The van der Waals surface area contributed by atoms with Gasteiger partial charge < -0.3 is 10.2 Å². The van der Waals surface area contributed by atoms with E-state index in [4.69, 9.17) is 0 Å². The van der Waals surface area contributed by atoms with Gasteiger partial charge in [0.25, 0.3) is 0 Å². The summed E-state index contributed by atoms with van der Waals surface area (Å²) < 4.78 is 0. The van der Waals surface area contributed by atoms with E-state index >= 15 is 0 Å². The number of amides is 2. The number of anilines is 1. The summed E-state index contributed by atoms with van der Waals surface area (Å²) in [4.78, 5) is 27.7. The summed E-state index contributed by atoms with van der Waals surface area (Å²) in [5.74, 6) is 1.00. The molecule has 2 aliphatic heterocycles. The highest BCUT2D eigenvalue weighted by Gasteiger charge is 2.23. The Morgan fingerprint density at radius 1 is 1.29 bits per heavy atom. The first-order valence-corrected chi connectivity index (χ1v) is 9.75. The highest BCUT2D eigenvalue weighted by Crippen LogP contribution is 2.20. The zero-order valence-corrected chi connectivity index (χ0v) is 15.0. The van der Waals surface area contributed by atoms with Gasteiger partial charge >= 0.3 is 0 Å². The predicted octanol–water partition coefficient (Wildman–Crippen LogP) is 2.53. The molecule has 0 saturated carbocycles. The first-order chi connectivity index (χ1) is 11.6. The van der Waals surface area contributed by atoms with Crippen molar-refractivity contribution in [2.45, 2.75) is 38.8 Å². The van der Waals surface area contributed by atoms with Crippen LogP contribution in [0.15, 0.2) is 24.3 Å². The van der Waals surface area contributed by atoms with Crippen molar-refractivity contribution in [1.82, 2.24) is 9.80 Å². The van der Waals surface area contributed by atoms with Gasteiger partial charge in [-0.1, -0.05) is 18.6 Å². The molecule has 2 saturated heterocycles. The third-order valence-corrected chi connectivity index (χ3v) is 5.67. The second-order valence-corrected chi connectivity index (χ2v) is 7.58. The second kappa shape index (κ2) is 8.03. The fraction of sp³-hybridized carbons (Fsp3) is 0.556.